The molecule has 7 nitrogen and oxygen atoms in total. The van der Waals surface area contributed by atoms with Crippen LogP contribution in [0.3, 0.4) is 0 Å². The predicted octanol–water partition coefficient (Wildman–Crippen LogP) is 3.45. The van der Waals surface area contributed by atoms with E-state index in [0.717, 1.165) is 37.7 Å². The van der Waals surface area contributed by atoms with E-state index in [1.54, 1.807) is 23.5 Å². The highest BCUT2D eigenvalue weighted by Crippen LogP contribution is 2.33. The fourth-order valence-corrected chi connectivity index (χ4v) is 6.79. The number of esters is 1. The van der Waals surface area contributed by atoms with E-state index in [-0.39, 0.29) is 4.90 Å². The number of rotatable bonds is 6. The Hall–Kier alpha value is -2.23. The van der Waals surface area contributed by atoms with Crippen molar-refractivity contribution in [3.8, 4) is 0 Å². The fourth-order valence-electron chi connectivity index (χ4n) is 4.04. The van der Waals surface area contributed by atoms with Gasteiger partial charge in [-0.15, -0.1) is 11.3 Å². The van der Waals surface area contributed by atoms with E-state index in [1.807, 2.05) is 5.38 Å². The van der Waals surface area contributed by atoms with Crippen molar-refractivity contribution < 1.29 is 22.7 Å². The number of thiophene rings is 1. The fraction of sp³-hybridized carbons (Fsp3) is 0.455. The van der Waals surface area contributed by atoms with Gasteiger partial charge in [-0.05, 0) is 67.9 Å². The minimum Gasteiger partial charge on any atom is -0.452 e. The lowest BCUT2D eigenvalue weighted by Crippen LogP contribution is -2.27. The van der Waals surface area contributed by atoms with E-state index in [4.69, 9.17) is 4.74 Å². The summed E-state index contributed by atoms with van der Waals surface area (Å²) in [5, 5.41) is 4.46. The van der Waals surface area contributed by atoms with Gasteiger partial charge >= 0.3 is 5.97 Å². The number of sulfonamides is 1. The van der Waals surface area contributed by atoms with Crippen LogP contribution in [0.25, 0.3) is 0 Å². The molecule has 0 saturated carbocycles. The Balaban J connectivity index is 1.31. The smallest absolute Gasteiger partial charge is 0.339 e. The summed E-state index contributed by atoms with van der Waals surface area (Å²) in [6.07, 6.45) is 4.65. The summed E-state index contributed by atoms with van der Waals surface area (Å²) >= 11 is 1.58. The highest BCUT2D eigenvalue weighted by atomic mass is 32.2. The SMILES string of the molecule is CC1CCc2c(C(=O)OCC(=O)Nc3ccc(S(=O)(=O)N4CCCC4)cc3)csc2C1. The number of carbonyl (C=O) groups excluding carboxylic acids is 2. The standard InChI is InChI=1S/C22H26N2O5S2/c1-15-4-9-18-19(14-30-20(18)12-15)22(26)29-13-21(25)23-16-5-7-17(8-6-16)31(27,28)24-10-2-3-11-24/h5-8,14-15H,2-4,9-13H2,1H3,(H,23,25). The van der Waals surface area contributed by atoms with Crippen LogP contribution in [0.4, 0.5) is 5.69 Å². The van der Waals surface area contributed by atoms with Crippen LogP contribution < -0.4 is 5.32 Å². The second kappa shape index (κ2) is 9.10. The summed E-state index contributed by atoms with van der Waals surface area (Å²) in [4.78, 5) is 26.1. The minimum atomic E-state index is -3.49. The minimum absolute atomic E-state index is 0.204. The normalized spacial score (nSPS) is 19.1. The van der Waals surface area contributed by atoms with Crippen molar-refractivity contribution >= 4 is 38.9 Å². The van der Waals surface area contributed by atoms with E-state index >= 15 is 0 Å². The molecule has 31 heavy (non-hydrogen) atoms. The van der Waals surface area contributed by atoms with Crippen LogP contribution in [-0.4, -0.2) is 44.3 Å². The van der Waals surface area contributed by atoms with Gasteiger partial charge in [0.2, 0.25) is 10.0 Å². The molecule has 0 radical (unpaired) electrons. The second-order valence-electron chi connectivity index (χ2n) is 8.16. The third-order valence-electron chi connectivity index (χ3n) is 5.80. The van der Waals surface area contributed by atoms with Crippen molar-refractivity contribution in [3.05, 3.63) is 45.6 Å². The molecule has 1 aliphatic carbocycles. The number of anilines is 1. The van der Waals surface area contributed by atoms with Crippen LogP contribution in [0.15, 0.2) is 34.5 Å². The van der Waals surface area contributed by atoms with Crippen molar-refractivity contribution in [2.45, 2.75) is 43.9 Å². The van der Waals surface area contributed by atoms with Crippen molar-refractivity contribution in [3.63, 3.8) is 0 Å². The first-order chi connectivity index (χ1) is 14.8. The molecule has 1 N–H and O–H groups in total. The van der Waals surface area contributed by atoms with Crippen LogP contribution in [-0.2, 0) is 32.4 Å². The Morgan fingerprint density at radius 1 is 1.19 bits per heavy atom. The van der Waals surface area contributed by atoms with E-state index in [2.05, 4.69) is 12.2 Å². The lowest BCUT2D eigenvalue weighted by Gasteiger charge is -2.18. The molecule has 1 unspecified atom stereocenters. The topological polar surface area (TPSA) is 92.8 Å². The largest absolute Gasteiger partial charge is 0.452 e. The molecule has 1 aliphatic heterocycles. The van der Waals surface area contributed by atoms with Crippen LogP contribution in [0.1, 0.15) is 47.0 Å². The number of fused-ring (bicyclic) bond motifs is 1. The predicted molar refractivity (Wildman–Crippen MR) is 119 cm³/mol. The van der Waals surface area contributed by atoms with Crippen LogP contribution in [0, 0.1) is 5.92 Å². The molecule has 1 aromatic heterocycles. The highest BCUT2D eigenvalue weighted by Gasteiger charge is 2.27. The third kappa shape index (κ3) is 4.83. The Labute approximate surface area is 186 Å². The van der Waals surface area contributed by atoms with Gasteiger partial charge in [0.15, 0.2) is 6.61 Å². The molecule has 0 spiro atoms. The Kier molecular flexibility index (Phi) is 6.45. The second-order valence-corrected chi connectivity index (χ2v) is 11.1. The first kappa shape index (κ1) is 22.0. The first-order valence-corrected chi connectivity index (χ1v) is 12.8. The zero-order valence-corrected chi connectivity index (χ0v) is 19.1. The first-order valence-electron chi connectivity index (χ1n) is 10.5. The summed E-state index contributed by atoms with van der Waals surface area (Å²) in [6.45, 7) is 2.89. The van der Waals surface area contributed by atoms with Crippen molar-refractivity contribution in [1.82, 2.24) is 4.31 Å². The van der Waals surface area contributed by atoms with E-state index in [9.17, 15) is 18.0 Å². The van der Waals surface area contributed by atoms with Gasteiger partial charge in [0.25, 0.3) is 5.91 Å². The molecular weight excluding hydrogens is 436 g/mol. The Bertz CT molecular complexity index is 1070. The molecule has 1 amide bonds. The monoisotopic (exact) mass is 462 g/mol. The van der Waals surface area contributed by atoms with Crippen LogP contribution in [0.2, 0.25) is 0 Å². The molecular formula is C22H26N2O5S2. The molecule has 166 valence electrons. The van der Waals surface area contributed by atoms with Gasteiger partial charge in [-0.2, -0.15) is 4.31 Å². The maximum Gasteiger partial charge on any atom is 0.339 e. The zero-order chi connectivity index (χ0) is 22.0. The molecule has 4 rings (SSSR count). The number of nitrogens with zero attached hydrogens (tertiary/aromatic N) is 1. The number of amides is 1. The molecule has 1 atom stereocenters. The maximum atomic E-state index is 12.6. The molecule has 1 aromatic carbocycles. The summed E-state index contributed by atoms with van der Waals surface area (Å²) in [5.41, 5.74) is 2.07. The zero-order valence-electron chi connectivity index (χ0n) is 17.4. The van der Waals surface area contributed by atoms with Crippen molar-refractivity contribution in [2.24, 2.45) is 5.92 Å². The van der Waals surface area contributed by atoms with Crippen LogP contribution >= 0.6 is 11.3 Å². The molecule has 1 fully saturated rings. The number of hydrogen-bond acceptors (Lipinski definition) is 6. The number of ether oxygens (including phenoxy) is 1. The quantitative estimate of drug-likeness (QED) is 0.664. The molecule has 2 heterocycles. The van der Waals surface area contributed by atoms with Crippen molar-refractivity contribution in [2.75, 3.05) is 25.0 Å². The Morgan fingerprint density at radius 2 is 1.90 bits per heavy atom. The third-order valence-corrected chi connectivity index (χ3v) is 8.76. The summed E-state index contributed by atoms with van der Waals surface area (Å²) < 4.78 is 31.8. The molecule has 9 heteroatoms. The number of nitrogens with one attached hydrogen (secondary N) is 1. The maximum absolute atomic E-state index is 12.6. The molecule has 0 bridgehead atoms. The van der Waals surface area contributed by atoms with Crippen molar-refractivity contribution in [1.29, 1.82) is 0 Å². The highest BCUT2D eigenvalue weighted by molar-refractivity contribution is 7.89. The van der Waals surface area contributed by atoms with Gasteiger partial charge in [-0.3, -0.25) is 4.79 Å². The van der Waals surface area contributed by atoms with Gasteiger partial charge in [-0.1, -0.05) is 6.92 Å². The summed E-state index contributed by atoms with van der Waals surface area (Å²) in [5.74, 6) is -0.326. The number of benzene rings is 1. The van der Waals surface area contributed by atoms with E-state index in [1.165, 1.54) is 21.3 Å². The molecule has 1 saturated heterocycles. The van der Waals surface area contributed by atoms with E-state index in [0.29, 0.717) is 30.3 Å². The number of carbonyl (C=O) groups is 2. The molecule has 2 aliphatic rings. The average molecular weight is 463 g/mol. The van der Waals surface area contributed by atoms with Gasteiger partial charge in [0.05, 0.1) is 10.5 Å². The lowest BCUT2D eigenvalue weighted by molar-refractivity contribution is -0.119. The number of hydrogen-bond donors (Lipinski definition) is 1. The van der Waals surface area contributed by atoms with Crippen LogP contribution in [0.5, 0.6) is 0 Å². The van der Waals surface area contributed by atoms with Gasteiger partial charge in [0, 0.05) is 29.0 Å². The Morgan fingerprint density at radius 3 is 2.61 bits per heavy atom. The van der Waals surface area contributed by atoms with Gasteiger partial charge in [-0.25, -0.2) is 13.2 Å². The summed E-state index contributed by atoms with van der Waals surface area (Å²) in [6, 6.07) is 6.04. The van der Waals surface area contributed by atoms with Gasteiger partial charge < -0.3 is 10.1 Å². The lowest BCUT2D eigenvalue weighted by atomic mass is 9.88. The van der Waals surface area contributed by atoms with Gasteiger partial charge in [0.1, 0.15) is 0 Å². The van der Waals surface area contributed by atoms with E-state index < -0.39 is 28.5 Å². The average Bonchev–Trinajstić information content (AvgIpc) is 3.42. The summed E-state index contributed by atoms with van der Waals surface area (Å²) in [7, 11) is -3.49. The molecule has 2 aromatic rings.